The van der Waals surface area contributed by atoms with Gasteiger partial charge in [0.1, 0.15) is 11.9 Å². The van der Waals surface area contributed by atoms with E-state index in [-0.39, 0.29) is 17.7 Å². The van der Waals surface area contributed by atoms with Crippen molar-refractivity contribution < 1.29 is 18.7 Å². The Hall–Kier alpha value is -1.53. The standard InChI is InChI=1S/C13H14BrNO4/c1-8(7-9(16)10-3-2-6-18-10)15-13(17)11-4-5-12(14)19-11/h2-6,8-9,16H,7H2,1H3,(H,15,17). The van der Waals surface area contributed by atoms with Crippen molar-refractivity contribution >= 4 is 21.8 Å². The lowest BCUT2D eigenvalue weighted by Crippen LogP contribution is -2.33. The zero-order chi connectivity index (χ0) is 13.8. The smallest absolute Gasteiger partial charge is 0.287 e. The molecule has 2 aromatic heterocycles. The number of amides is 1. The molecule has 0 aliphatic carbocycles. The molecule has 2 aromatic rings. The zero-order valence-electron chi connectivity index (χ0n) is 10.3. The van der Waals surface area contributed by atoms with E-state index in [9.17, 15) is 9.90 Å². The quantitative estimate of drug-likeness (QED) is 0.885. The first-order chi connectivity index (χ1) is 9.06. The van der Waals surface area contributed by atoms with Gasteiger partial charge in [0.05, 0.1) is 6.26 Å². The van der Waals surface area contributed by atoms with Crippen LogP contribution >= 0.6 is 15.9 Å². The number of halogens is 1. The normalized spacial score (nSPS) is 14.1. The van der Waals surface area contributed by atoms with Crippen LogP contribution in [0.1, 0.15) is 35.8 Å². The van der Waals surface area contributed by atoms with Crippen molar-refractivity contribution in [2.45, 2.75) is 25.5 Å². The summed E-state index contributed by atoms with van der Waals surface area (Å²) in [5.41, 5.74) is 0. The highest BCUT2D eigenvalue weighted by atomic mass is 79.9. The number of carbonyl (C=O) groups is 1. The molecule has 0 bridgehead atoms. The van der Waals surface area contributed by atoms with Gasteiger partial charge in [-0.05, 0) is 47.1 Å². The second-order valence-corrected chi connectivity index (χ2v) is 5.03. The van der Waals surface area contributed by atoms with Crippen molar-refractivity contribution in [3.05, 3.63) is 46.7 Å². The van der Waals surface area contributed by atoms with Crippen LogP contribution in [0.3, 0.4) is 0 Å². The van der Waals surface area contributed by atoms with Gasteiger partial charge in [0, 0.05) is 12.5 Å². The van der Waals surface area contributed by atoms with Crippen LogP contribution in [0.5, 0.6) is 0 Å². The highest BCUT2D eigenvalue weighted by molar-refractivity contribution is 9.10. The van der Waals surface area contributed by atoms with Crippen LogP contribution in [-0.4, -0.2) is 17.1 Å². The van der Waals surface area contributed by atoms with E-state index in [1.807, 2.05) is 6.92 Å². The highest BCUT2D eigenvalue weighted by Crippen LogP contribution is 2.19. The van der Waals surface area contributed by atoms with Crippen LogP contribution < -0.4 is 5.32 Å². The van der Waals surface area contributed by atoms with E-state index in [2.05, 4.69) is 21.2 Å². The number of rotatable bonds is 5. The van der Waals surface area contributed by atoms with Gasteiger partial charge >= 0.3 is 0 Å². The molecule has 2 atom stereocenters. The van der Waals surface area contributed by atoms with E-state index in [0.717, 1.165) is 0 Å². The van der Waals surface area contributed by atoms with Gasteiger partial charge in [-0.15, -0.1) is 0 Å². The molecule has 0 radical (unpaired) electrons. The zero-order valence-corrected chi connectivity index (χ0v) is 11.9. The Labute approximate surface area is 118 Å². The summed E-state index contributed by atoms with van der Waals surface area (Å²) in [6.45, 7) is 1.81. The molecule has 0 fully saturated rings. The third kappa shape index (κ3) is 3.71. The van der Waals surface area contributed by atoms with Crippen molar-refractivity contribution in [1.82, 2.24) is 5.32 Å². The molecular formula is C13H14BrNO4. The molecule has 6 heteroatoms. The van der Waals surface area contributed by atoms with Crippen LogP contribution in [0.2, 0.25) is 0 Å². The molecule has 0 aromatic carbocycles. The molecular weight excluding hydrogens is 314 g/mol. The number of hydrogen-bond acceptors (Lipinski definition) is 4. The molecule has 102 valence electrons. The second-order valence-electron chi connectivity index (χ2n) is 4.25. The topological polar surface area (TPSA) is 75.6 Å². The van der Waals surface area contributed by atoms with Gasteiger partial charge in [0.25, 0.3) is 5.91 Å². The van der Waals surface area contributed by atoms with E-state index in [1.54, 1.807) is 24.3 Å². The molecule has 2 rings (SSSR count). The molecule has 1 amide bonds. The first-order valence-corrected chi connectivity index (χ1v) is 6.63. The van der Waals surface area contributed by atoms with Gasteiger partial charge in [-0.3, -0.25) is 4.79 Å². The lowest BCUT2D eigenvalue weighted by molar-refractivity contribution is 0.0875. The Bertz CT molecular complexity index is 535. The number of nitrogens with one attached hydrogen (secondary N) is 1. The van der Waals surface area contributed by atoms with Crippen molar-refractivity contribution in [2.75, 3.05) is 0 Å². The Balaban J connectivity index is 1.87. The van der Waals surface area contributed by atoms with Gasteiger partial charge in [-0.1, -0.05) is 0 Å². The average molecular weight is 328 g/mol. The number of hydrogen-bond donors (Lipinski definition) is 2. The summed E-state index contributed by atoms with van der Waals surface area (Å²) in [5.74, 6) is 0.401. The predicted octanol–water partition coefficient (Wildman–Crippen LogP) is 2.88. The van der Waals surface area contributed by atoms with E-state index in [1.165, 1.54) is 6.26 Å². The van der Waals surface area contributed by atoms with Crippen LogP contribution in [0.4, 0.5) is 0 Å². The summed E-state index contributed by atoms with van der Waals surface area (Å²) in [6, 6.07) is 6.42. The fraction of sp³-hybridized carbons (Fsp3) is 0.308. The third-order valence-corrected chi connectivity index (χ3v) is 3.05. The van der Waals surface area contributed by atoms with Gasteiger partial charge in [-0.25, -0.2) is 0 Å². The van der Waals surface area contributed by atoms with E-state index < -0.39 is 6.10 Å². The highest BCUT2D eigenvalue weighted by Gasteiger charge is 2.18. The van der Waals surface area contributed by atoms with Crippen LogP contribution in [-0.2, 0) is 0 Å². The van der Waals surface area contributed by atoms with E-state index in [0.29, 0.717) is 16.9 Å². The summed E-state index contributed by atoms with van der Waals surface area (Å²) < 4.78 is 10.7. The Morgan fingerprint density at radius 1 is 1.47 bits per heavy atom. The van der Waals surface area contributed by atoms with Crippen molar-refractivity contribution in [3.8, 4) is 0 Å². The lowest BCUT2D eigenvalue weighted by atomic mass is 10.1. The number of aliphatic hydroxyl groups is 1. The molecule has 0 saturated heterocycles. The Morgan fingerprint density at radius 3 is 2.84 bits per heavy atom. The predicted molar refractivity (Wildman–Crippen MR) is 71.6 cm³/mol. The number of furan rings is 2. The first kappa shape index (κ1) is 13.9. The van der Waals surface area contributed by atoms with Crippen molar-refractivity contribution in [3.63, 3.8) is 0 Å². The molecule has 0 spiro atoms. The molecule has 0 aliphatic rings. The minimum atomic E-state index is -0.742. The maximum absolute atomic E-state index is 11.8. The Kier molecular flexibility index (Phi) is 4.44. The largest absolute Gasteiger partial charge is 0.467 e. The first-order valence-electron chi connectivity index (χ1n) is 5.84. The maximum Gasteiger partial charge on any atom is 0.287 e. The fourth-order valence-corrected chi connectivity index (χ4v) is 2.03. The summed E-state index contributed by atoms with van der Waals surface area (Å²) in [6.07, 6.45) is 1.12. The van der Waals surface area contributed by atoms with E-state index in [4.69, 9.17) is 8.83 Å². The maximum atomic E-state index is 11.8. The Morgan fingerprint density at radius 2 is 2.26 bits per heavy atom. The van der Waals surface area contributed by atoms with Gasteiger partial charge in [0.2, 0.25) is 0 Å². The number of carbonyl (C=O) groups excluding carboxylic acids is 1. The molecule has 2 unspecified atom stereocenters. The summed E-state index contributed by atoms with van der Waals surface area (Å²) in [4.78, 5) is 11.8. The summed E-state index contributed by atoms with van der Waals surface area (Å²) in [5, 5.41) is 12.6. The average Bonchev–Trinajstić information content (AvgIpc) is 2.98. The molecule has 0 saturated carbocycles. The molecule has 2 N–H and O–H groups in total. The monoisotopic (exact) mass is 327 g/mol. The van der Waals surface area contributed by atoms with Crippen LogP contribution in [0.15, 0.2) is 44.0 Å². The molecule has 2 heterocycles. The minimum absolute atomic E-state index is 0.212. The SMILES string of the molecule is CC(CC(O)c1ccco1)NC(=O)c1ccc(Br)o1. The van der Waals surface area contributed by atoms with Gasteiger partial charge in [0.15, 0.2) is 10.4 Å². The minimum Gasteiger partial charge on any atom is -0.467 e. The second kappa shape index (κ2) is 6.08. The lowest BCUT2D eigenvalue weighted by Gasteiger charge is -2.15. The molecule has 0 aliphatic heterocycles. The molecule has 19 heavy (non-hydrogen) atoms. The van der Waals surface area contributed by atoms with Crippen LogP contribution in [0.25, 0.3) is 0 Å². The van der Waals surface area contributed by atoms with Crippen molar-refractivity contribution in [2.24, 2.45) is 0 Å². The third-order valence-electron chi connectivity index (χ3n) is 2.62. The number of aliphatic hydroxyl groups excluding tert-OH is 1. The van der Waals surface area contributed by atoms with Gasteiger partial charge < -0.3 is 19.3 Å². The summed E-state index contributed by atoms with van der Waals surface area (Å²) >= 11 is 3.13. The van der Waals surface area contributed by atoms with E-state index >= 15 is 0 Å². The fourth-order valence-electron chi connectivity index (χ4n) is 1.72. The van der Waals surface area contributed by atoms with Crippen LogP contribution in [0, 0.1) is 0 Å². The summed E-state index contributed by atoms with van der Waals surface area (Å²) in [7, 11) is 0. The molecule has 5 nitrogen and oxygen atoms in total. The van der Waals surface area contributed by atoms with Crippen molar-refractivity contribution in [1.29, 1.82) is 0 Å². The van der Waals surface area contributed by atoms with Gasteiger partial charge in [-0.2, -0.15) is 0 Å².